The summed E-state index contributed by atoms with van der Waals surface area (Å²) in [5.74, 6) is 1.03. The number of hydrogen-bond acceptors (Lipinski definition) is 5. The summed E-state index contributed by atoms with van der Waals surface area (Å²) in [5.41, 5.74) is 1.11. The smallest absolute Gasteiger partial charge is 0.250 e. The second kappa shape index (κ2) is 10.1. The summed E-state index contributed by atoms with van der Waals surface area (Å²) in [6, 6.07) is 11.3. The van der Waals surface area contributed by atoms with Crippen molar-refractivity contribution in [3.05, 3.63) is 47.3 Å². The lowest BCUT2D eigenvalue weighted by molar-refractivity contribution is -0.132. The quantitative estimate of drug-likeness (QED) is 0.644. The van der Waals surface area contributed by atoms with E-state index in [2.05, 4.69) is 10.8 Å². The van der Waals surface area contributed by atoms with Crippen LogP contribution in [0.2, 0.25) is 0 Å². The number of aryl methyl sites for hydroxylation is 1. The number of hydrogen-bond donors (Lipinski definition) is 1. The molecule has 0 atom stereocenters. The van der Waals surface area contributed by atoms with Gasteiger partial charge in [0.2, 0.25) is 15.9 Å². The molecule has 1 saturated heterocycles. The molecule has 8 heteroatoms. The monoisotopic (exact) mass is 462 g/mol. The Hall–Kier alpha value is -1.90. The molecule has 1 N–H and O–H groups in total. The molecule has 1 amide bonds. The van der Waals surface area contributed by atoms with Gasteiger partial charge in [-0.25, -0.2) is 13.1 Å². The van der Waals surface area contributed by atoms with Gasteiger partial charge in [0.1, 0.15) is 9.96 Å². The summed E-state index contributed by atoms with van der Waals surface area (Å²) in [7, 11) is -3.46. The minimum Gasteiger partial charge on any atom is -0.490 e. The van der Waals surface area contributed by atoms with Crippen LogP contribution in [0.5, 0.6) is 5.75 Å². The van der Waals surface area contributed by atoms with Gasteiger partial charge < -0.3 is 9.64 Å². The Bertz CT molecular complexity index is 961. The Balaban J connectivity index is 1.22. The van der Waals surface area contributed by atoms with E-state index in [1.165, 1.54) is 24.2 Å². The SMILES string of the molecule is O=C(CCc1cccc(OC2CCCC2)c1)N1CCC(NS(=O)(=O)c2cccs2)CC1. The minimum atomic E-state index is -3.46. The number of benzene rings is 1. The third-order valence-corrected chi connectivity index (χ3v) is 8.98. The number of sulfonamides is 1. The molecule has 0 spiro atoms. The number of ether oxygens (including phenoxy) is 1. The van der Waals surface area contributed by atoms with Gasteiger partial charge in [-0.05, 0) is 74.1 Å². The highest BCUT2D eigenvalue weighted by atomic mass is 32.2. The van der Waals surface area contributed by atoms with Crippen molar-refractivity contribution in [3.8, 4) is 5.75 Å². The Morgan fingerprint density at radius 1 is 1.10 bits per heavy atom. The maximum Gasteiger partial charge on any atom is 0.250 e. The molecular formula is C23H30N2O4S2. The lowest BCUT2D eigenvalue weighted by Crippen LogP contribution is -2.46. The number of nitrogens with one attached hydrogen (secondary N) is 1. The number of carbonyl (C=O) groups excluding carboxylic acids is 1. The number of piperidine rings is 1. The Kier molecular flexibility index (Phi) is 7.30. The predicted molar refractivity (Wildman–Crippen MR) is 122 cm³/mol. The number of thiophene rings is 1. The second-order valence-corrected chi connectivity index (χ2v) is 11.3. The Morgan fingerprint density at radius 2 is 1.87 bits per heavy atom. The molecule has 2 fully saturated rings. The van der Waals surface area contributed by atoms with Crippen LogP contribution in [0.15, 0.2) is 46.0 Å². The van der Waals surface area contributed by atoms with Gasteiger partial charge in [-0.15, -0.1) is 11.3 Å². The zero-order valence-electron chi connectivity index (χ0n) is 17.7. The highest BCUT2D eigenvalue weighted by Crippen LogP contribution is 2.25. The number of carbonyl (C=O) groups is 1. The first kappa shape index (κ1) is 22.3. The third kappa shape index (κ3) is 6.08. The van der Waals surface area contributed by atoms with Crippen LogP contribution in [0.4, 0.5) is 0 Å². The zero-order chi connectivity index (χ0) is 21.7. The molecule has 1 aliphatic carbocycles. The van der Waals surface area contributed by atoms with Crippen LogP contribution < -0.4 is 9.46 Å². The van der Waals surface area contributed by atoms with Gasteiger partial charge in [-0.2, -0.15) is 0 Å². The molecule has 0 bridgehead atoms. The summed E-state index contributed by atoms with van der Waals surface area (Å²) < 4.78 is 33.9. The highest BCUT2D eigenvalue weighted by molar-refractivity contribution is 7.91. The fourth-order valence-electron chi connectivity index (χ4n) is 4.32. The number of likely N-dealkylation sites (tertiary alicyclic amines) is 1. The summed E-state index contributed by atoms with van der Waals surface area (Å²) in [5, 5.41) is 1.76. The van der Waals surface area contributed by atoms with E-state index in [4.69, 9.17) is 4.74 Å². The van der Waals surface area contributed by atoms with Crippen LogP contribution in [0, 0.1) is 0 Å². The van der Waals surface area contributed by atoms with Crippen molar-refractivity contribution < 1.29 is 17.9 Å². The van der Waals surface area contributed by atoms with Crippen molar-refractivity contribution in [2.75, 3.05) is 13.1 Å². The van der Waals surface area contributed by atoms with E-state index in [9.17, 15) is 13.2 Å². The van der Waals surface area contributed by atoms with Crippen molar-refractivity contribution in [1.82, 2.24) is 9.62 Å². The van der Waals surface area contributed by atoms with Crippen molar-refractivity contribution in [3.63, 3.8) is 0 Å². The van der Waals surface area contributed by atoms with E-state index in [1.54, 1.807) is 17.5 Å². The fourth-order valence-corrected chi connectivity index (χ4v) is 6.64. The van der Waals surface area contributed by atoms with Crippen LogP contribution in [-0.2, 0) is 21.2 Å². The molecule has 0 unspecified atom stereocenters. The van der Waals surface area contributed by atoms with Crippen LogP contribution in [0.1, 0.15) is 50.5 Å². The van der Waals surface area contributed by atoms with Crippen LogP contribution >= 0.6 is 11.3 Å². The van der Waals surface area contributed by atoms with E-state index in [0.29, 0.717) is 49.1 Å². The van der Waals surface area contributed by atoms with Gasteiger partial charge >= 0.3 is 0 Å². The van der Waals surface area contributed by atoms with E-state index in [-0.39, 0.29) is 11.9 Å². The molecule has 4 rings (SSSR count). The molecule has 1 aromatic carbocycles. The molecule has 168 valence electrons. The lowest BCUT2D eigenvalue weighted by Gasteiger charge is -2.32. The number of nitrogens with zero attached hydrogens (tertiary/aromatic N) is 1. The molecule has 2 aromatic rings. The molecule has 1 aliphatic heterocycles. The molecule has 2 aliphatic rings. The largest absolute Gasteiger partial charge is 0.490 e. The van der Waals surface area contributed by atoms with E-state index < -0.39 is 10.0 Å². The van der Waals surface area contributed by atoms with Gasteiger partial charge in [0.05, 0.1) is 6.10 Å². The number of rotatable bonds is 8. The lowest BCUT2D eigenvalue weighted by atomic mass is 10.0. The molecule has 1 saturated carbocycles. The van der Waals surface area contributed by atoms with Gasteiger partial charge in [0.15, 0.2) is 0 Å². The summed E-state index contributed by atoms with van der Waals surface area (Å²) in [4.78, 5) is 14.5. The maximum atomic E-state index is 12.7. The topological polar surface area (TPSA) is 75.7 Å². The van der Waals surface area contributed by atoms with Crippen molar-refractivity contribution in [2.24, 2.45) is 0 Å². The molecule has 0 radical (unpaired) electrons. The normalized spacial score (nSPS) is 18.4. The summed E-state index contributed by atoms with van der Waals surface area (Å²) in [6.07, 6.45) is 7.49. The predicted octanol–water partition coefficient (Wildman–Crippen LogP) is 3.97. The molecule has 31 heavy (non-hydrogen) atoms. The standard InChI is InChI=1S/C23H30N2O4S2/c26-22(11-10-18-5-3-8-21(17-18)29-20-6-1-2-7-20)25-14-12-19(13-15-25)24-31(27,28)23-9-4-16-30-23/h3-5,8-9,16-17,19-20,24H,1-2,6-7,10-15H2. The molecule has 6 nitrogen and oxygen atoms in total. The van der Waals surface area contributed by atoms with Crippen molar-refractivity contribution in [1.29, 1.82) is 0 Å². The van der Waals surface area contributed by atoms with E-state index in [0.717, 1.165) is 24.2 Å². The summed E-state index contributed by atoms with van der Waals surface area (Å²) in [6.45, 7) is 1.17. The zero-order valence-corrected chi connectivity index (χ0v) is 19.3. The highest BCUT2D eigenvalue weighted by Gasteiger charge is 2.27. The van der Waals surface area contributed by atoms with Gasteiger partial charge in [-0.3, -0.25) is 4.79 Å². The van der Waals surface area contributed by atoms with Gasteiger partial charge in [0, 0.05) is 25.6 Å². The first-order valence-electron chi connectivity index (χ1n) is 11.1. The van der Waals surface area contributed by atoms with Gasteiger partial charge in [-0.1, -0.05) is 18.2 Å². The average Bonchev–Trinajstić information content (AvgIpc) is 3.47. The maximum absolute atomic E-state index is 12.7. The van der Waals surface area contributed by atoms with Crippen LogP contribution in [0.25, 0.3) is 0 Å². The van der Waals surface area contributed by atoms with Crippen molar-refractivity contribution >= 4 is 27.3 Å². The van der Waals surface area contributed by atoms with Gasteiger partial charge in [0.25, 0.3) is 0 Å². The average molecular weight is 463 g/mol. The molecule has 2 heterocycles. The van der Waals surface area contributed by atoms with Crippen LogP contribution in [-0.4, -0.2) is 44.5 Å². The van der Waals surface area contributed by atoms with Crippen molar-refractivity contribution in [2.45, 2.75) is 67.7 Å². The number of amides is 1. The van der Waals surface area contributed by atoms with Crippen LogP contribution in [0.3, 0.4) is 0 Å². The summed E-state index contributed by atoms with van der Waals surface area (Å²) >= 11 is 1.21. The van der Waals surface area contributed by atoms with E-state index >= 15 is 0 Å². The second-order valence-electron chi connectivity index (χ2n) is 8.38. The first-order valence-corrected chi connectivity index (χ1v) is 13.4. The Morgan fingerprint density at radius 3 is 2.58 bits per heavy atom. The first-order chi connectivity index (χ1) is 15.0. The Labute approximate surface area is 188 Å². The molecular weight excluding hydrogens is 432 g/mol. The molecule has 1 aromatic heterocycles. The fraction of sp³-hybridized carbons (Fsp3) is 0.522. The third-order valence-electron chi connectivity index (χ3n) is 6.06. The minimum absolute atomic E-state index is 0.124. The van der Waals surface area contributed by atoms with E-state index in [1.807, 2.05) is 23.1 Å².